The minimum atomic E-state index is -3.77. The van der Waals surface area contributed by atoms with Gasteiger partial charge in [-0.1, -0.05) is 11.3 Å². The van der Waals surface area contributed by atoms with Crippen molar-refractivity contribution in [2.45, 2.75) is 5.92 Å². The Morgan fingerprint density at radius 2 is 2.23 bits per heavy atom. The normalized spacial score (nSPS) is 11.3. The molecule has 0 amide bonds. The number of aromatic nitrogens is 2. The number of hydrogen-bond acceptors (Lipinski definition) is 6. The van der Waals surface area contributed by atoms with Gasteiger partial charge in [0.1, 0.15) is 0 Å². The number of halogens is 2. The van der Waals surface area contributed by atoms with E-state index in [9.17, 15) is 13.6 Å². The van der Waals surface area contributed by atoms with Gasteiger partial charge in [-0.15, -0.1) is 10.2 Å². The summed E-state index contributed by atoms with van der Waals surface area (Å²) in [5.41, 5.74) is 5.08. The molecule has 0 fully saturated rings. The molecule has 1 aromatic heterocycles. The zero-order valence-electron chi connectivity index (χ0n) is 6.45. The summed E-state index contributed by atoms with van der Waals surface area (Å²) in [4.78, 5) is 10.6. The van der Waals surface area contributed by atoms with Crippen LogP contribution in [0.25, 0.3) is 0 Å². The molecule has 2 N–H and O–H groups in total. The maximum Gasteiger partial charge on any atom is 0.395 e. The van der Waals surface area contributed by atoms with E-state index < -0.39 is 16.9 Å². The molecule has 0 spiro atoms. The zero-order chi connectivity index (χ0) is 10.1. The van der Waals surface area contributed by atoms with Crippen molar-refractivity contribution in [2.24, 2.45) is 0 Å². The van der Waals surface area contributed by atoms with Gasteiger partial charge in [-0.05, 0) is 0 Å². The van der Waals surface area contributed by atoms with Crippen molar-refractivity contribution in [1.29, 1.82) is 0 Å². The molecular weight excluding hydrogens is 204 g/mol. The highest BCUT2D eigenvalue weighted by atomic mass is 32.1. The molecule has 0 saturated carbocycles. The molecule has 8 heteroatoms. The smallest absolute Gasteiger partial charge is 0.395 e. The standard InChI is InChI=1S/C5H5F2N3O2S/c1-12-3(11)5(6,7)2-9-10-4(8)13-2/h1H3,(H2,8,10). The van der Waals surface area contributed by atoms with Crippen LogP contribution in [-0.4, -0.2) is 23.3 Å². The van der Waals surface area contributed by atoms with E-state index in [0.717, 1.165) is 7.11 Å². The summed E-state index contributed by atoms with van der Waals surface area (Å²) in [5.74, 6) is -5.45. The molecule has 0 aliphatic carbocycles. The topological polar surface area (TPSA) is 78.1 Å². The van der Waals surface area contributed by atoms with Crippen molar-refractivity contribution in [2.75, 3.05) is 12.8 Å². The van der Waals surface area contributed by atoms with Gasteiger partial charge >= 0.3 is 11.9 Å². The number of methoxy groups -OCH3 is 1. The second-order valence-corrected chi connectivity index (χ2v) is 3.02. The molecule has 0 atom stereocenters. The first-order chi connectivity index (χ1) is 5.98. The number of rotatable bonds is 2. The number of ether oxygens (including phenoxy) is 1. The van der Waals surface area contributed by atoms with E-state index >= 15 is 0 Å². The van der Waals surface area contributed by atoms with Gasteiger partial charge in [0.15, 0.2) is 0 Å². The molecular formula is C5H5F2N3O2S. The lowest BCUT2D eigenvalue weighted by Gasteiger charge is -2.08. The van der Waals surface area contributed by atoms with Crippen molar-refractivity contribution in [3.05, 3.63) is 5.01 Å². The second kappa shape index (κ2) is 3.21. The molecule has 0 unspecified atom stereocenters. The first-order valence-electron chi connectivity index (χ1n) is 3.04. The van der Waals surface area contributed by atoms with Crippen molar-refractivity contribution < 1.29 is 18.3 Å². The molecule has 13 heavy (non-hydrogen) atoms. The zero-order valence-corrected chi connectivity index (χ0v) is 7.27. The lowest BCUT2D eigenvalue weighted by atomic mass is 10.4. The molecule has 0 aliphatic rings. The minimum absolute atomic E-state index is 0.126. The van der Waals surface area contributed by atoms with Gasteiger partial charge in [0.05, 0.1) is 7.11 Å². The Balaban J connectivity index is 2.99. The van der Waals surface area contributed by atoms with Gasteiger partial charge in [-0.3, -0.25) is 0 Å². The maximum atomic E-state index is 12.9. The summed E-state index contributed by atoms with van der Waals surface area (Å²) in [6.07, 6.45) is 0. The average Bonchev–Trinajstić information content (AvgIpc) is 2.50. The van der Waals surface area contributed by atoms with Gasteiger partial charge in [0.2, 0.25) is 10.1 Å². The van der Waals surface area contributed by atoms with E-state index in [4.69, 9.17) is 5.73 Å². The second-order valence-electron chi connectivity index (χ2n) is 2.01. The maximum absolute atomic E-state index is 12.9. The summed E-state index contributed by atoms with van der Waals surface area (Å²) in [7, 11) is 0.862. The van der Waals surface area contributed by atoms with Crippen LogP contribution in [-0.2, 0) is 15.5 Å². The van der Waals surface area contributed by atoms with E-state index in [2.05, 4.69) is 14.9 Å². The van der Waals surface area contributed by atoms with Crippen LogP contribution in [0.15, 0.2) is 0 Å². The summed E-state index contributed by atoms with van der Waals surface area (Å²) in [5, 5.41) is 5.31. The van der Waals surface area contributed by atoms with Gasteiger partial charge < -0.3 is 10.5 Å². The number of nitrogens with zero attached hydrogens (tertiary/aromatic N) is 2. The summed E-state index contributed by atoms with van der Waals surface area (Å²) in [6.45, 7) is 0. The number of hydrogen-bond donors (Lipinski definition) is 1. The van der Waals surface area contributed by atoms with E-state index in [1.165, 1.54) is 0 Å². The predicted octanol–water partition coefficient (Wildman–Crippen LogP) is 0.385. The Morgan fingerprint density at radius 3 is 2.62 bits per heavy atom. The average molecular weight is 209 g/mol. The Bertz CT molecular complexity index is 327. The van der Waals surface area contributed by atoms with Crippen molar-refractivity contribution >= 4 is 22.4 Å². The van der Waals surface area contributed by atoms with E-state index in [1.807, 2.05) is 0 Å². The molecule has 1 rings (SSSR count). The van der Waals surface area contributed by atoms with Crippen molar-refractivity contribution in [3.63, 3.8) is 0 Å². The molecule has 0 aliphatic heterocycles. The highest BCUT2D eigenvalue weighted by molar-refractivity contribution is 7.15. The number of carbonyl (C=O) groups is 1. The van der Waals surface area contributed by atoms with Crippen molar-refractivity contribution in [3.8, 4) is 0 Å². The van der Waals surface area contributed by atoms with Crippen LogP contribution < -0.4 is 5.73 Å². The molecule has 0 radical (unpaired) electrons. The molecule has 1 aromatic rings. The Hall–Kier alpha value is -1.31. The molecule has 0 bridgehead atoms. The summed E-state index contributed by atoms with van der Waals surface area (Å²) in [6, 6.07) is 0. The fourth-order valence-electron chi connectivity index (χ4n) is 0.577. The number of nitrogens with two attached hydrogens (primary N) is 1. The lowest BCUT2D eigenvalue weighted by molar-refractivity contribution is -0.170. The first-order valence-corrected chi connectivity index (χ1v) is 3.86. The van der Waals surface area contributed by atoms with Crippen LogP contribution in [0.2, 0.25) is 0 Å². The minimum Gasteiger partial charge on any atom is -0.464 e. The highest BCUT2D eigenvalue weighted by Gasteiger charge is 2.46. The highest BCUT2D eigenvalue weighted by Crippen LogP contribution is 2.31. The van der Waals surface area contributed by atoms with E-state index in [0.29, 0.717) is 11.3 Å². The predicted molar refractivity (Wildman–Crippen MR) is 40.2 cm³/mol. The van der Waals surface area contributed by atoms with E-state index in [-0.39, 0.29) is 5.13 Å². The van der Waals surface area contributed by atoms with Crippen LogP contribution in [0.3, 0.4) is 0 Å². The number of carbonyl (C=O) groups excluding carboxylic acids is 1. The van der Waals surface area contributed by atoms with Crippen LogP contribution in [0, 0.1) is 0 Å². The lowest BCUT2D eigenvalue weighted by Crippen LogP contribution is -2.27. The molecule has 0 aromatic carbocycles. The van der Waals surface area contributed by atoms with E-state index in [1.54, 1.807) is 0 Å². The number of nitrogen functional groups attached to an aromatic ring is 1. The SMILES string of the molecule is COC(=O)C(F)(F)c1nnc(N)s1. The van der Waals surface area contributed by atoms with Crippen LogP contribution in [0.4, 0.5) is 13.9 Å². The third-order valence-corrected chi connectivity index (χ3v) is 1.97. The Labute approximate surface area is 75.5 Å². The molecule has 5 nitrogen and oxygen atoms in total. The first kappa shape index (κ1) is 9.78. The third-order valence-electron chi connectivity index (χ3n) is 1.15. The monoisotopic (exact) mass is 209 g/mol. The van der Waals surface area contributed by atoms with Gasteiger partial charge in [0, 0.05) is 0 Å². The summed E-state index contributed by atoms with van der Waals surface area (Å²) >= 11 is 0.443. The van der Waals surface area contributed by atoms with Crippen LogP contribution in [0.1, 0.15) is 5.01 Å². The van der Waals surface area contributed by atoms with Crippen LogP contribution in [0.5, 0.6) is 0 Å². The molecule has 1 heterocycles. The molecule has 0 saturated heterocycles. The third kappa shape index (κ3) is 1.72. The van der Waals surface area contributed by atoms with Crippen molar-refractivity contribution in [1.82, 2.24) is 10.2 Å². The van der Waals surface area contributed by atoms with Gasteiger partial charge in [0.25, 0.3) is 0 Å². The molecule has 72 valence electrons. The Morgan fingerprint density at radius 1 is 1.62 bits per heavy atom. The Kier molecular flexibility index (Phi) is 2.41. The quantitative estimate of drug-likeness (QED) is 0.712. The number of esters is 1. The largest absolute Gasteiger partial charge is 0.464 e. The number of alkyl halides is 2. The van der Waals surface area contributed by atoms with Gasteiger partial charge in [-0.25, -0.2) is 4.79 Å². The number of anilines is 1. The van der Waals surface area contributed by atoms with Gasteiger partial charge in [-0.2, -0.15) is 8.78 Å². The summed E-state index contributed by atoms with van der Waals surface area (Å²) < 4.78 is 29.8. The fraction of sp³-hybridized carbons (Fsp3) is 0.400. The fourth-order valence-corrected chi connectivity index (χ4v) is 1.15. The van der Waals surface area contributed by atoms with Crippen LogP contribution >= 0.6 is 11.3 Å².